The van der Waals surface area contributed by atoms with Crippen LogP contribution in [0.5, 0.6) is 0 Å². The van der Waals surface area contributed by atoms with E-state index >= 15 is 0 Å². The molecule has 1 unspecified atom stereocenters. The van der Waals surface area contributed by atoms with Crippen LogP contribution < -0.4 is 0 Å². The quantitative estimate of drug-likeness (QED) is 0.621. The minimum atomic E-state index is -0.163. The molecule has 0 saturated heterocycles. The molecule has 0 spiro atoms. The predicted molar refractivity (Wildman–Crippen MR) is 37.9 cm³/mol. The van der Waals surface area contributed by atoms with Gasteiger partial charge >= 0.3 is 0 Å². The standard InChI is InChI=1S/C6H9ClN2O/c1-3-5-8-6(4(2)7)9-10-5/h4H,3H2,1-2H3. The van der Waals surface area contributed by atoms with Crippen LogP contribution >= 0.6 is 11.6 Å². The summed E-state index contributed by atoms with van der Waals surface area (Å²) in [6.07, 6.45) is 0.761. The number of halogens is 1. The van der Waals surface area contributed by atoms with Gasteiger partial charge in [-0.1, -0.05) is 12.1 Å². The van der Waals surface area contributed by atoms with E-state index < -0.39 is 0 Å². The van der Waals surface area contributed by atoms with E-state index in [2.05, 4.69) is 10.1 Å². The molecular formula is C6H9ClN2O. The van der Waals surface area contributed by atoms with E-state index in [0.29, 0.717) is 11.7 Å². The van der Waals surface area contributed by atoms with Crippen molar-refractivity contribution >= 4 is 11.6 Å². The van der Waals surface area contributed by atoms with Crippen molar-refractivity contribution < 1.29 is 4.52 Å². The van der Waals surface area contributed by atoms with Crippen LogP contribution in [-0.4, -0.2) is 10.1 Å². The summed E-state index contributed by atoms with van der Waals surface area (Å²) in [5, 5.41) is 3.51. The lowest BCUT2D eigenvalue weighted by atomic mass is 10.4. The minimum Gasteiger partial charge on any atom is -0.339 e. The van der Waals surface area contributed by atoms with Gasteiger partial charge in [0.1, 0.15) is 0 Å². The molecule has 0 amide bonds. The number of aromatic nitrogens is 2. The number of alkyl halides is 1. The molecule has 4 heteroatoms. The first-order valence-corrected chi connectivity index (χ1v) is 3.64. The van der Waals surface area contributed by atoms with E-state index in [1.54, 1.807) is 0 Å². The summed E-state index contributed by atoms with van der Waals surface area (Å²) in [6, 6.07) is 0. The van der Waals surface area contributed by atoms with Crippen molar-refractivity contribution in [2.75, 3.05) is 0 Å². The van der Waals surface area contributed by atoms with Gasteiger partial charge in [-0.2, -0.15) is 4.98 Å². The van der Waals surface area contributed by atoms with Crippen LogP contribution in [0.15, 0.2) is 4.52 Å². The van der Waals surface area contributed by atoms with E-state index in [-0.39, 0.29) is 5.38 Å². The lowest BCUT2D eigenvalue weighted by molar-refractivity contribution is 0.376. The summed E-state index contributed by atoms with van der Waals surface area (Å²) >= 11 is 5.69. The maximum Gasteiger partial charge on any atom is 0.226 e. The van der Waals surface area contributed by atoms with Crippen molar-refractivity contribution in [2.24, 2.45) is 0 Å². The molecule has 56 valence electrons. The highest BCUT2D eigenvalue weighted by Crippen LogP contribution is 2.14. The van der Waals surface area contributed by atoms with Crippen molar-refractivity contribution in [3.8, 4) is 0 Å². The van der Waals surface area contributed by atoms with Crippen LogP contribution in [0, 0.1) is 0 Å². The van der Waals surface area contributed by atoms with E-state index in [1.165, 1.54) is 0 Å². The third-order valence-electron chi connectivity index (χ3n) is 1.14. The summed E-state index contributed by atoms with van der Waals surface area (Å²) < 4.78 is 4.83. The van der Waals surface area contributed by atoms with Crippen LogP contribution in [0.1, 0.15) is 30.9 Å². The summed E-state index contributed by atoms with van der Waals surface area (Å²) in [5.74, 6) is 1.21. The Kier molecular flexibility index (Phi) is 2.27. The van der Waals surface area contributed by atoms with Crippen LogP contribution in [0.3, 0.4) is 0 Å². The van der Waals surface area contributed by atoms with Crippen molar-refractivity contribution in [3.63, 3.8) is 0 Å². The van der Waals surface area contributed by atoms with Crippen molar-refractivity contribution in [2.45, 2.75) is 25.6 Å². The second kappa shape index (κ2) is 3.01. The van der Waals surface area contributed by atoms with Crippen molar-refractivity contribution in [1.29, 1.82) is 0 Å². The zero-order valence-corrected chi connectivity index (χ0v) is 6.72. The fourth-order valence-corrected chi connectivity index (χ4v) is 0.662. The number of hydrogen-bond donors (Lipinski definition) is 0. The molecule has 0 aliphatic rings. The average Bonchev–Trinajstić information content (AvgIpc) is 2.34. The molecule has 3 nitrogen and oxygen atoms in total. The Bertz CT molecular complexity index is 209. The first-order valence-electron chi connectivity index (χ1n) is 3.20. The zero-order valence-electron chi connectivity index (χ0n) is 5.97. The highest BCUT2D eigenvalue weighted by molar-refractivity contribution is 6.20. The summed E-state index contributed by atoms with van der Waals surface area (Å²) in [6.45, 7) is 3.77. The second-order valence-corrected chi connectivity index (χ2v) is 2.67. The third-order valence-corrected chi connectivity index (χ3v) is 1.34. The Hall–Kier alpha value is -0.570. The second-order valence-electron chi connectivity index (χ2n) is 2.02. The lowest BCUT2D eigenvalue weighted by Gasteiger charge is -1.88. The Morgan fingerprint density at radius 2 is 2.40 bits per heavy atom. The molecule has 1 heterocycles. The monoisotopic (exact) mass is 160 g/mol. The molecular weight excluding hydrogens is 152 g/mol. The molecule has 1 rings (SSSR count). The van der Waals surface area contributed by atoms with Crippen LogP contribution in [0.2, 0.25) is 0 Å². The Labute approximate surface area is 64.4 Å². The molecule has 0 radical (unpaired) electrons. The van der Waals surface area contributed by atoms with Gasteiger partial charge in [0, 0.05) is 6.42 Å². The van der Waals surface area contributed by atoms with E-state index in [9.17, 15) is 0 Å². The van der Waals surface area contributed by atoms with Gasteiger partial charge < -0.3 is 4.52 Å². The van der Waals surface area contributed by atoms with Gasteiger partial charge in [-0.3, -0.25) is 0 Å². The number of hydrogen-bond acceptors (Lipinski definition) is 3. The van der Waals surface area contributed by atoms with E-state index in [1.807, 2.05) is 13.8 Å². The van der Waals surface area contributed by atoms with Crippen LogP contribution in [-0.2, 0) is 6.42 Å². The molecule has 0 fully saturated rings. The van der Waals surface area contributed by atoms with Crippen LogP contribution in [0.25, 0.3) is 0 Å². The highest BCUT2D eigenvalue weighted by atomic mass is 35.5. The van der Waals surface area contributed by atoms with E-state index in [0.717, 1.165) is 6.42 Å². The summed E-state index contributed by atoms with van der Waals surface area (Å²) in [7, 11) is 0. The Morgan fingerprint density at radius 3 is 2.70 bits per heavy atom. The highest BCUT2D eigenvalue weighted by Gasteiger charge is 2.08. The van der Waals surface area contributed by atoms with E-state index in [4.69, 9.17) is 16.1 Å². The Balaban J connectivity index is 2.78. The fourth-order valence-electron chi connectivity index (χ4n) is 0.573. The van der Waals surface area contributed by atoms with Gasteiger partial charge in [-0.25, -0.2) is 0 Å². The predicted octanol–water partition coefficient (Wildman–Crippen LogP) is 1.93. The topological polar surface area (TPSA) is 38.9 Å². The molecule has 0 N–H and O–H groups in total. The maximum atomic E-state index is 5.69. The van der Waals surface area contributed by atoms with Gasteiger partial charge in [0.2, 0.25) is 5.89 Å². The largest absolute Gasteiger partial charge is 0.339 e. The molecule has 0 aromatic carbocycles. The molecule has 1 aromatic rings. The smallest absolute Gasteiger partial charge is 0.226 e. The SMILES string of the molecule is CCc1nc(C(C)Cl)no1. The minimum absolute atomic E-state index is 0.163. The van der Waals surface area contributed by atoms with Gasteiger partial charge in [0.15, 0.2) is 5.82 Å². The molecule has 1 atom stereocenters. The number of nitrogens with zero attached hydrogens (tertiary/aromatic N) is 2. The Morgan fingerprint density at radius 1 is 1.70 bits per heavy atom. The summed E-state index contributed by atoms with van der Waals surface area (Å²) in [4.78, 5) is 4.02. The zero-order chi connectivity index (χ0) is 7.56. The van der Waals surface area contributed by atoms with Gasteiger partial charge in [-0.15, -0.1) is 11.6 Å². The fraction of sp³-hybridized carbons (Fsp3) is 0.667. The molecule has 0 aliphatic carbocycles. The third kappa shape index (κ3) is 1.48. The number of rotatable bonds is 2. The molecule has 10 heavy (non-hydrogen) atoms. The molecule has 1 aromatic heterocycles. The van der Waals surface area contributed by atoms with Gasteiger partial charge in [0.25, 0.3) is 0 Å². The average molecular weight is 161 g/mol. The van der Waals surface area contributed by atoms with Crippen molar-refractivity contribution in [3.05, 3.63) is 11.7 Å². The number of aryl methyl sites for hydroxylation is 1. The van der Waals surface area contributed by atoms with Crippen LogP contribution in [0.4, 0.5) is 0 Å². The molecule has 0 aliphatic heterocycles. The van der Waals surface area contributed by atoms with Crippen molar-refractivity contribution in [1.82, 2.24) is 10.1 Å². The maximum absolute atomic E-state index is 5.69. The summed E-state index contributed by atoms with van der Waals surface area (Å²) in [5.41, 5.74) is 0. The normalized spacial score (nSPS) is 13.5. The first kappa shape index (κ1) is 7.54. The van der Waals surface area contributed by atoms with Gasteiger partial charge in [-0.05, 0) is 6.92 Å². The lowest BCUT2D eigenvalue weighted by Crippen LogP contribution is -1.87. The first-order chi connectivity index (χ1) is 4.74. The molecule has 0 bridgehead atoms. The molecule has 0 saturated carbocycles. The van der Waals surface area contributed by atoms with Gasteiger partial charge in [0.05, 0.1) is 5.38 Å².